The number of rotatable bonds is 6. The fourth-order valence-corrected chi connectivity index (χ4v) is 3.73. The molecule has 0 amide bonds. The lowest BCUT2D eigenvalue weighted by Gasteiger charge is -2.13. The van der Waals surface area contributed by atoms with Gasteiger partial charge in [-0.05, 0) is 54.3 Å². The van der Waals surface area contributed by atoms with E-state index in [-0.39, 0.29) is 12.1 Å². The van der Waals surface area contributed by atoms with Crippen molar-refractivity contribution >= 4 is 16.9 Å². The van der Waals surface area contributed by atoms with Crippen LogP contribution in [0.25, 0.3) is 10.9 Å². The van der Waals surface area contributed by atoms with Crippen LogP contribution in [0, 0.1) is 6.92 Å². The Balaban J connectivity index is 1.77. The van der Waals surface area contributed by atoms with Crippen molar-refractivity contribution in [3.8, 4) is 5.75 Å². The number of benzene rings is 2. The van der Waals surface area contributed by atoms with Gasteiger partial charge in [-0.15, -0.1) is 0 Å². The highest BCUT2D eigenvalue weighted by atomic mass is 19.4. The molecule has 0 fully saturated rings. The van der Waals surface area contributed by atoms with Gasteiger partial charge in [0.2, 0.25) is 5.95 Å². The average molecular weight is 442 g/mol. The standard InChI is InChI=1S/C24H25F3N4O/c1-4-15(2)14-32-18-8-9-21-19(12-18)22(30-23-28-10-11-31(21)23)29-13-17-6-5-7-20(16(17)3)24(25,26)27/h5-9,12H,2,4,10-11,13-14H2,1,3H3,(H,28,29,30). The molecule has 4 rings (SSSR count). The van der Waals surface area contributed by atoms with E-state index in [1.165, 1.54) is 13.0 Å². The molecule has 8 heteroatoms. The summed E-state index contributed by atoms with van der Waals surface area (Å²) in [5.74, 6) is 1.37. The molecular weight excluding hydrogens is 417 g/mol. The van der Waals surface area contributed by atoms with Crippen molar-refractivity contribution in [3.63, 3.8) is 0 Å². The van der Waals surface area contributed by atoms with Crippen LogP contribution in [0.3, 0.4) is 0 Å². The molecule has 1 aromatic heterocycles. The molecular formula is C24H25F3N4O. The van der Waals surface area contributed by atoms with Gasteiger partial charge in [-0.25, -0.2) is 0 Å². The third kappa shape index (κ3) is 4.35. The lowest BCUT2D eigenvalue weighted by molar-refractivity contribution is -0.138. The predicted molar refractivity (Wildman–Crippen MR) is 119 cm³/mol. The Kier molecular flexibility index (Phi) is 5.95. The van der Waals surface area contributed by atoms with E-state index in [1.54, 1.807) is 6.07 Å². The molecule has 0 saturated heterocycles. The number of anilines is 1. The number of ether oxygens (including phenoxy) is 1. The van der Waals surface area contributed by atoms with Crippen molar-refractivity contribution < 1.29 is 17.9 Å². The number of nitrogens with zero attached hydrogens (tertiary/aromatic N) is 3. The minimum Gasteiger partial charge on any atom is -0.489 e. The van der Waals surface area contributed by atoms with E-state index in [2.05, 4.69) is 26.4 Å². The van der Waals surface area contributed by atoms with E-state index in [0.29, 0.717) is 29.4 Å². The number of hydrogen-bond acceptors (Lipinski definition) is 4. The normalized spacial score (nSPS) is 13.8. The maximum absolute atomic E-state index is 13.3. The first-order valence-corrected chi connectivity index (χ1v) is 10.5. The lowest BCUT2D eigenvalue weighted by atomic mass is 10.0. The summed E-state index contributed by atoms with van der Waals surface area (Å²) in [4.78, 5) is 9.25. The second-order valence-electron chi connectivity index (χ2n) is 7.81. The third-order valence-electron chi connectivity index (χ3n) is 5.68. The van der Waals surface area contributed by atoms with E-state index in [0.717, 1.165) is 42.1 Å². The van der Waals surface area contributed by atoms with Gasteiger partial charge in [-0.2, -0.15) is 18.2 Å². The summed E-state index contributed by atoms with van der Waals surface area (Å²) >= 11 is 0. The maximum Gasteiger partial charge on any atom is 0.416 e. The van der Waals surface area contributed by atoms with Gasteiger partial charge in [0, 0.05) is 18.5 Å². The quantitative estimate of drug-likeness (QED) is 0.532. The SMILES string of the molecule is C=C(CC)COc1ccc2c(c1)c(=NCc1cccc(C(F)(F)F)c1C)nc1n2CCN1. The number of halogens is 3. The molecule has 0 unspecified atom stereocenters. The van der Waals surface area contributed by atoms with Crippen molar-refractivity contribution in [1.82, 2.24) is 9.55 Å². The zero-order valence-electron chi connectivity index (χ0n) is 18.1. The maximum atomic E-state index is 13.3. The molecule has 1 aliphatic heterocycles. The molecule has 0 atom stereocenters. The van der Waals surface area contributed by atoms with Crippen LogP contribution in [0.2, 0.25) is 0 Å². The summed E-state index contributed by atoms with van der Waals surface area (Å²) < 4.78 is 47.8. The highest BCUT2D eigenvalue weighted by Gasteiger charge is 2.32. The average Bonchev–Trinajstić information content (AvgIpc) is 3.24. The zero-order valence-corrected chi connectivity index (χ0v) is 18.1. The van der Waals surface area contributed by atoms with Crippen molar-refractivity contribution in [2.24, 2.45) is 4.99 Å². The summed E-state index contributed by atoms with van der Waals surface area (Å²) in [5.41, 5.74) is 2.46. The summed E-state index contributed by atoms with van der Waals surface area (Å²) in [6.07, 6.45) is -3.56. The summed E-state index contributed by atoms with van der Waals surface area (Å²) in [6.45, 7) is 9.52. The highest BCUT2D eigenvalue weighted by Crippen LogP contribution is 2.33. The van der Waals surface area contributed by atoms with Gasteiger partial charge in [0.1, 0.15) is 12.4 Å². The summed E-state index contributed by atoms with van der Waals surface area (Å²) in [5, 5.41) is 4.03. The first-order valence-electron chi connectivity index (χ1n) is 10.5. The fourth-order valence-electron chi connectivity index (χ4n) is 3.73. The molecule has 2 heterocycles. The van der Waals surface area contributed by atoms with Crippen LogP contribution in [-0.4, -0.2) is 22.7 Å². The topological polar surface area (TPSA) is 51.4 Å². The second kappa shape index (κ2) is 8.68. The van der Waals surface area contributed by atoms with Crippen LogP contribution < -0.4 is 15.5 Å². The van der Waals surface area contributed by atoms with Crippen LogP contribution in [0.15, 0.2) is 53.5 Å². The molecule has 1 N–H and O–H groups in total. The molecule has 5 nitrogen and oxygen atoms in total. The Morgan fingerprint density at radius 2 is 2.09 bits per heavy atom. The number of aromatic nitrogens is 2. The lowest BCUT2D eigenvalue weighted by Crippen LogP contribution is -2.16. The number of fused-ring (bicyclic) bond motifs is 3. The predicted octanol–water partition coefficient (Wildman–Crippen LogP) is 5.23. The first-order chi connectivity index (χ1) is 15.3. The van der Waals surface area contributed by atoms with E-state index in [4.69, 9.17) is 4.74 Å². The number of hydrogen-bond donors (Lipinski definition) is 1. The van der Waals surface area contributed by atoms with Gasteiger partial charge in [-0.1, -0.05) is 25.6 Å². The molecule has 168 valence electrons. The van der Waals surface area contributed by atoms with Gasteiger partial charge in [0.15, 0.2) is 5.49 Å². The van der Waals surface area contributed by atoms with Crippen LogP contribution in [0.5, 0.6) is 5.75 Å². The fraction of sp³-hybridized carbons (Fsp3) is 0.333. The molecule has 2 aromatic carbocycles. The van der Waals surface area contributed by atoms with Crippen molar-refractivity contribution in [1.29, 1.82) is 0 Å². The van der Waals surface area contributed by atoms with Crippen LogP contribution in [-0.2, 0) is 19.3 Å². The third-order valence-corrected chi connectivity index (χ3v) is 5.68. The second-order valence-corrected chi connectivity index (χ2v) is 7.81. The number of nitrogens with one attached hydrogen (secondary N) is 1. The zero-order chi connectivity index (χ0) is 22.9. The molecule has 0 spiro atoms. The van der Waals surface area contributed by atoms with Gasteiger partial charge >= 0.3 is 6.18 Å². The van der Waals surface area contributed by atoms with Crippen molar-refractivity contribution in [2.45, 2.75) is 39.5 Å². The van der Waals surface area contributed by atoms with Crippen LogP contribution >= 0.6 is 0 Å². The Bertz CT molecular complexity index is 1240. The van der Waals surface area contributed by atoms with Gasteiger partial charge in [0.25, 0.3) is 0 Å². The molecule has 1 aliphatic rings. The Morgan fingerprint density at radius 1 is 1.28 bits per heavy atom. The van der Waals surface area contributed by atoms with Gasteiger partial charge < -0.3 is 14.6 Å². The summed E-state index contributed by atoms with van der Waals surface area (Å²) in [6, 6.07) is 9.93. The van der Waals surface area contributed by atoms with Gasteiger partial charge in [0.05, 0.1) is 17.6 Å². The Hall–Kier alpha value is -3.29. The van der Waals surface area contributed by atoms with E-state index in [1.807, 2.05) is 25.1 Å². The minimum atomic E-state index is -4.39. The molecule has 32 heavy (non-hydrogen) atoms. The highest BCUT2D eigenvalue weighted by molar-refractivity contribution is 5.81. The molecule has 0 radical (unpaired) electrons. The van der Waals surface area contributed by atoms with E-state index >= 15 is 0 Å². The summed E-state index contributed by atoms with van der Waals surface area (Å²) in [7, 11) is 0. The molecule has 3 aromatic rings. The monoisotopic (exact) mass is 442 g/mol. The Morgan fingerprint density at radius 3 is 2.84 bits per heavy atom. The molecule has 0 saturated carbocycles. The molecule has 0 aliphatic carbocycles. The number of alkyl halides is 3. The smallest absolute Gasteiger partial charge is 0.416 e. The van der Waals surface area contributed by atoms with Crippen molar-refractivity contribution in [2.75, 3.05) is 18.5 Å². The van der Waals surface area contributed by atoms with Gasteiger partial charge in [-0.3, -0.25) is 4.99 Å². The van der Waals surface area contributed by atoms with E-state index in [9.17, 15) is 13.2 Å². The Labute approximate surface area is 184 Å². The van der Waals surface area contributed by atoms with Crippen molar-refractivity contribution in [3.05, 3.63) is 70.7 Å². The molecule has 0 bridgehead atoms. The first kappa shape index (κ1) is 21.9. The minimum absolute atomic E-state index is 0.0963. The largest absolute Gasteiger partial charge is 0.489 e. The van der Waals surface area contributed by atoms with Crippen LogP contribution in [0.4, 0.5) is 19.1 Å². The van der Waals surface area contributed by atoms with E-state index < -0.39 is 11.7 Å². The van der Waals surface area contributed by atoms with Crippen LogP contribution in [0.1, 0.15) is 30.0 Å².